The Morgan fingerprint density at radius 1 is 0.585 bits per heavy atom. The van der Waals surface area contributed by atoms with Crippen LogP contribution in [0.5, 0.6) is 0 Å². The maximum atomic E-state index is 12.7. The summed E-state index contributed by atoms with van der Waals surface area (Å²) in [7, 11) is 1.65. The van der Waals surface area contributed by atoms with Crippen LogP contribution in [0.3, 0.4) is 0 Å². The van der Waals surface area contributed by atoms with E-state index in [1.807, 2.05) is 21.1 Å². The maximum Gasteiger partial charge on any atom is 0.472 e. The van der Waals surface area contributed by atoms with Crippen molar-refractivity contribution < 1.29 is 37.3 Å². The highest BCUT2D eigenvalue weighted by Gasteiger charge is 2.26. The van der Waals surface area contributed by atoms with Gasteiger partial charge in [-0.05, 0) is 70.6 Å². The summed E-state index contributed by atoms with van der Waals surface area (Å²) in [4.78, 5) is 22.9. The van der Waals surface area contributed by atoms with Crippen molar-refractivity contribution in [3.05, 3.63) is 48.6 Å². The minimum atomic E-state index is -4.28. The van der Waals surface area contributed by atoms with Crippen LogP contribution < -0.4 is 0 Å². The first-order valence-corrected chi connectivity index (χ1v) is 22.9. The average molecular weight is 769 g/mol. The molecule has 0 aromatic heterocycles. The van der Waals surface area contributed by atoms with Gasteiger partial charge >= 0.3 is 13.8 Å². The minimum absolute atomic E-state index is 0.0832. The quantitative estimate of drug-likeness (QED) is 0.0219. The Morgan fingerprint density at radius 3 is 1.60 bits per heavy atom. The van der Waals surface area contributed by atoms with Crippen molar-refractivity contribution in [1.29, 1.82) is 0 Å². The molecule has 0 rings (SSSR count). The molecule has 0 aromatic rings. The molecule has 2 atom stereocenters. The van der Waals surface area contributed by atoms with E-state index < -0.39 is 13.9 Å². The molecule has 0 saturated carbocycles. The molecular formula is C44H83NO7P+. The second-order valence-electron chi connectivity index (χ2n) is 15.4. The molecule has 0 aromatic carbocycles. The van der Waals surface area contributed by atoms with Gasteiger partial charge in [0.2, 0.25) is 0 Å². The molecule has 0 bridgehead atoms. The number of carbonyl (C=O) groups excluding carboxylic acids is 1. The highest BCUT2D eigenvalue weighted by atomic mass is 31.2. The van der Waals surface area contributed by atoms with E-state index in [-0.39, 0.29) is 25.8 Å². The van der Waals surface area contributed by atoms with Gasteiger partial charge in [-0.25, -0.2) is 4.57 Å². The van der Waals surface area contributed by atoms with Crippen molar-refractivity contribution in [3.63, 3.8) is 0 Å². The van der Waals surface area contributed by atoms with Crippen LogP contribution in [0.4, 0.5) is 0 Å². The molecule has 0 aliphatic carbocycles. The van der Waals surface area contributed by atoms with Crippen molar-refractivity contribution in [2.45, 2.75) is 174 Å². The molecule has 0 aliphatic heterocycles. The number of hydrogen-bond donors (Lipinski definition) is 1. The van der Waals surface area contributed by atoms with Crippen LogP contribution in [0.2, 0.25) is 0 Å². The molecule has 0 spiro atoms. The fourth-order valence-corrected chi connectivity index (χ4v) is 6.24. The van der Waals surface area contributed by atoms with Gasteiger partial charge in [0, 0.05) is 13.0 Å². The van der Waals surface area contributed by atoms with Crippen LogP contribution in [-0.2, 0) is 27.9 Å². The molecule has 2 unspecified atom stereocenters. The summed E-state index contributed by atoms with van der Waals surface area (Å²) in [5.41, 5.74) is 0. The smallest absolute Gasteiger partial charge is 0.457 e. The number of phosphoric acid groups is 1. The van der Waals surface area contributed by atoms with Crippen molar-refractivity contribution in [2.75, 3.05) is 54.1 Å². The van der Waals surface area contributed by atoms with E-state index in [0.717, 1.165) is 57.8 Å². The number of esters is 1. The Balaban J connectivity index is 4.28. The first kappa shape index (κ1) is 51.5. The highest BCUT2D eigenvalue weighted by Crippen LogP contribution is 2.43. The van der Waals surface area contributed by atoms with Gasteiger partial charge in [-0.2, -0.15) is 0 Å². The normalized spacial score (nSPS) is 14.3. The van der Waals surface area contributed by atoms with Crippen LogP contribution in [0.25, 0.3) is 0 Å². The van der Waals surface area contributed by atoms with E-state index in [4.69, 9.17) is 18.5 Å². The lowest BCUT2D eigenvalue weighted by molar-refractivity contribution is -0.870. The predicted molar refractivity (Wildman–Crippen MR) is 224 cm³/mol. The van der Waals surface area contributed by atoms with Crippen molar-refractivity contribution >= 4 is 13.8 Å². The van der Waals surface area contributed by atoms with E-state index in [9.17, 15) is 14.3 Å². The lowest BCUT2D eigenvalue weighted by atomic mass is 10.1. The third-order valence-electron chi connectivity index (χ3n) is 8.84. The third-order valence-corrected chi connectivity index (χ3v) is 9.83. The van der Waals surface area contributed by atoms with E-state index >= 15 is 0 Å². The van der Waals surface area contributed by atoms with E-state index in [0.29, 0.717) is 24.1 Å². The Morgan fingerprint density at radius 2 is 1.08 bits per heavy atom. The number of hydrogen-bond acceptors (Lipinski definition) is 6. The van der Waals surface area contributed by atoms with E-state index in [1.165, 1.54) is 89.9 Å². The summed E-state index contributed by atoms with van der Waals surface area (Å²) in [6.07, 6.45) is 44.2. The number of likely N-dealkylation sites (N-methyl/N-ethyl adjacent to an activating group) is 1. The molecule has 0 amide bonds. The van der Waals surface area contributed by atoms with Gasteiger partial charge in [0.05, 0.1) is 34.4 Å². The summed E-state index contributed by atoms with van der Waals surface area (Å²) in [6, 6.07) is 0. The average Bonchev–Trinajstić information content (AvgIpc) is 3.11. The lowest BCUT2D eigenvalue weighted by Gasteiger charge is -2.24. The largest absolute Gasteiger partial charge is 0.472 e. The standard InChI is InChI=1S/C44H82NO7P/c1-6-8-10-12-14-16-18-20-22-23-24-25-27-29-31-33-35-37-44(46)52-43(42-51-53(47,48)50-40-38-45(3,4)5)41-49-39-36-34-32-30-28-26-21-19-17-15-13-11-9-7-2/h11,13-14,16-17,19-20,22,43H,6-10,12,15,18,21,23-42H2,1-5H3/p+1/b13-11-,16-14-,19-17-,22-20-. The number of unbranched alkanes of at least 4 members (excludes halogenated alkanes) is 17. The van der Waals surface area contributed by atoms with Gasteiger partial charge in [-0.3, -0.25) is 13.8 Å². The zero-order valence-electron chi connectivity index (χ0n) is 35.0. The molecule has 310 valence electrons. The third kappa shape index (κ3) is 41.5. The lowest BCUT2D eigenvalue weighted by Crippen LogP contribution is -2.37. The van der Waals surface area contributed by atoms with Crippen molar-refractivity contribution in [2.24, 2.45) is 0 Å². The highest BCUT2D eigenvalue weighted by molar-refractivity contribution is 7.47. The maximum absolute atomic E-state index is 12.7. The second kappa shape index (κ2) is 37.4. The fourth-order valence-electron chi connectivity index (χ4n) is 5.50. The number of nitrogens with zero attached hydrogens (tertiary/aromatic N) is 1. The molecule has 0 saturated heterocycles. The van der Waals surface area contributed by atoms with Crippen molar-refractivity contribution in [1.82, 2.24) is 0 Å². The fraction of sp³-hybridized carbons (Fsp3) is 0.795. The summed E-state index contributed by atoms with van der Waals surface area (Å²) in [5, 5.41) is 0. The van der Waals surface area contributed by atoms with Gasteiger partial charge in [0.15, 0.2) is 0 Å². The summed E-state index contributed by atoms with van der Waals surface area (Å²) >= 11 is 0. The zero-order chi connectivity index (χ0) is 39.1. The summed E-state index contributed by atoms with van der Waals surface area (Å²) in [5.74, 6) is -0.327. The molecule has 53 heavy (non-hydrogen) atoms. The molecule has 8 nitrogen and oxygen atoms in total. The topological polar surface area (TPSA) is 91.3 Å². The molecule has 9 heteroatoms. The Labute approximate surface area is 327 Å². The first-order chi connectivity index (χ1) is 25.6. The van der Waals surface area contributed by atoms with Crippen LogP contribution in [-0.4, -0.2) is 75.6 Å². The van der Waals surface area contributed by atoms with E-state index in [2.05, 4.69) is 62.5 Å². The molecule has 0 aliphatic rings. The SMILES string of the molecule is CCC/C=C\C/C=C\CCCCCCCCOCC(COP(=O)(O)OCC[N+](C)(C)C)OC(=O)CCCCCCCCC/C=C\C/C=C\CCCCC. The second-order valence-corrected chi connectivity index (χ2v) is 16.8. The van der Waals surface area contributed by atoms with Gasteiger partial charge in [0.25, 0.3) is 0 Å². The summed E-state index contributed by atoms with van der Waals surface area (Å²) < 4.78 is 34.9. The number of carbonyl (C=O) groups is 1. The molecule has 0 fully saturated rings. The molecule has 0 radical (unpaired) electrons. The van der Waals surface area contributed by atoms with Crippen molar-refractivity contribution in [3.8, 4) is 0 Å². The van der Waals surface area contributed by atoms with Gasteiger partial charge < -0.3 is 18.9 Å². The minimum Gasteiger partial charge on any atom is -0.457 e. The van der Waals surface area contributed by atoms with Crippen LogP contribution in [0, 0.1) is 0 Å². The molecule has 0 heterocycles. The number of phosphoric ester groups is 1. The monoisotopic (exact) mass is 769 g/mol. The molecular weight excluding hydrogens is 685 g/mol. The number of rotatable bonds is 39. The first-order valence-electron chi connectivity index (χ1n) is 21.4. The van der Waals surface area contributed by atoms with E-state index in [1.54, 1.807) is 0 Å². The Kier molecular flexibility index (Phi) is 36.3. The van der Waals surface area contributed by atoms with Gasteiger partial charge in [0.1, 0.15) is 19.3 Å². The van der Waals surface area contributed by atoms with Gasteiger partial charge in [-0.15, -0.1) is 0 Å². The Bertz CT molecular complexity index is 989. The van der Waals surface area contributed by atoms with Crippen LogP contribution in [0.1, 0.15) is 168 Å². The number of quaternary nitrogens is 1. The number of allylic oxidation sites excluding steroid dienone is 8. The van der Waals surface area contributed by atoms with Crippen LogP contribution >= 0.6 is 7.82 Å². The summed E-state index contributed by atoms with van der Waals surface area (Å²) in [6.45, 7) is 5.49. The Hall–Kier alpha value is -1.54. The predicted octanol–water partition coefficient (Wildman–Crippen LogP) is 12.4. The molecule has 1 N–H and O–H groups in total. The van der Waals surface area contributed by atoms with Gasteiger partial charge in [-0.1, -0.05) is 140 Å². The van der Waals surface area contributed by atoms with Crippen LogP contribution in [0.15, 0.2) is 48.6 Å². The number of ether oxygens (including phenoxy) is 2. The zero-order valence-corrected chi connectivity index (χ0v) is 35.9.